The lowest BCUT2D eigenvalue weighted by Gasteiger charge is -2.15. The summed E-state index contributed by atoms with van der Waals surface area (Å²) in [5, 5.41) is 8.89. The molecule has 2 heterocycles. The van der Waals surface area contributed by atoms with Crippen LogP contribution < -0.4 is 16.4 Å². The molecule has 6 nitrogen and oxygen atoms in total. The molecule has 19 heavy (non-hydrogen) atoms. The van der Waals surface area contributed by atoms with Crippen molar-refractivity contribution in [2.75, 3.05) is 11.1 Å². The van der Waals surface area contributed by atoms with Crippen LogP contribution in [0.2, 0.25) is 0 Å². The summed E-state index contributed by atoms with van der Waals surface area (Å²) < 4.78 is 0. The Morgan fingerprint density at radius 3 is 3.05 bits per heavy atom. The molecule has 1 amide bonds. The van der Waals surface area contributed by atoms with Crippen molar-refractivity contribution in [1.82, 2.24) is 15.3 Å². The summed E-state index contributed by atoms with van der Waals surface area (Å²) in [6, 6.07) is 1.93. The van der Waals surface area contributed by atoms with Crippen LogP contribution >= 0.6 is 11.3 Å². The molecule has 0 spiro atoms. The van der Waals surface area contributed by atoms with Crippen molar-refractivity contribution in [3.05, 3.63) is 11.4 Å². The molecule has 1 atom stereocenters. The number of nitrogen functional groups attached to an aromatic ring is 1. The van der Waals surface area contributed by atoms with Gasteiger partial charge in [0, 0.05) is 6.04 Å². The van der Waals surface area contributed by atoms with E-state index < -0.39 is 0 Å². The van der Waals surface area contributed by atoms with Gasteiger partial charge in [-0.25, -0.2) is 4.98 Å². The minimum absolute atomic E-state index is 0.0111. The molecule has 2 aromatic heterocycles. The van der Waals surface area contributed by atoms with Gasteiger partial charge in [0.15, 0.2) is 0 Å². The van der Waals surface area contributed by atoms with Crippen molar-refractivity contribution < 1.29 is 4.79 Å². The van der Waals surface area contributed by atoms with E-state index in [4.69, 9.17) is 5.73 Å². The minimum atomic E-state index is -0.349. The number of carbonyl (C=O) groups is 1. The Hall–Kier alpha value is -1.89. The van der Waals surface area contributed by atoms with E-state index in [1.807, 2.05) is 18.4 Å². The molecule has 1 saturated carbocycles. The number of carbonyl (C=O) groups excluding carboxylic acids is 1. The normalized spacial score (nSPS) is 16.3. The van der Waals surface area contributed by atoms with Gasteiger partial charge in [0.25, 0.3) is 0 Å². The molecule has 3 rings (SSSR count). The Kier molecular flexibility index (Phi) is 2.98. The second-order valence-corrected chi connectivity index (χ2v) is 5.61. The molecule has 0 bridgehead atoms. The number of thiophene rings is 1. The number of fused-ring (bicyclic) bond motifs is 1. The van der Waals surface area contributed by atoms with Gasteiger partial charge in [0.1, 0.15) is 16.7 Å². The summed E-state index contributed by atoms with van der Waals surface area (Å²) in [5.41, 5.74) is 5.67. The van der Waals surface area contributed by atoms with E-state index in [0.29, 0.717) is 11.9 Å². The third-order valence-corrected chi connectivity index (χ3v) is 3.82. The van der Waals surface area contributed by atoms with Crippen LogP contribution in [0.1, 0.15) is 19.8 Å². The molecule has 1 unspecified atom stereocenters. The minimum Gasteiger partial charge on any atom is -0.368 e. The van der Waals surface area contributed by atoms with Crippen molar-refractivity contribution in [3.8, 4) is 0 Å². The van der Waals surface area contributed by atoms with Gasteiger partial charge in [-0.2, -0.15) is 4.98 Å². The van der Waals surface area contributed by atoms with E-state index in [1.165, 1.54) is 11.3 Å². The number of anilines is 2. The summed E-state index contributed by atoms with van der Waals surface area (Å²) in [6.07, 6.45) is 2.15. The van der Waals surface area contributed by atoms with E-state index in [0.717, 1.165) is 23.1 Å². The quantitative estimate of drug-likeness (QED) is 0.784. The predicted octanol–water partition coefficient (Wildman–Crippen LogP) is 1.35. The lowest BCUT2D eigenvalue weighted by Crippen LogP contribution is -2.38. The number of nitrogens with two attached hydrogens (primary N) is 1. The first-order valence-corrected chi connectivity index (χ1v) is 7.09. The molecule has 0 saturated heterocycles. The summed E-state index contributed by atoms with van der Waals surface area (Å²) in [6.45, 7) is 1.81. The van der Waals surface area contributed by atoms with Gasteiger partial charge in [-0.15, -0.1) is 11.3 Å². The maximum atomic E-state index is 11.9. The van der Waals surface area contributed by atoms with Crippen LogP contribution in [0.15, 0.2) is 11.4 Å². The largest absolute Gasteiger partial charge is 0.368 e. The molecule has 0 aliphatic heterocycles. The predicted molar refractivity (Wildman–Crippen MR) is 76.1 cm³/mol. The summed E-state index contributed by atoms with van der Waals surface area (Å²) in [5.74, 6) is 0.817. The third-order valence-electron chi connectivity index (χ3n) is 3.01. The summed E-state index contributed by atoms with van der Waals surface area (Å²) in [4.78, 5) is 21.1. The molecule has 1 aliphatic rings. The molecule has 2 aromatic rings. The van der Waals surface area contributed by atoms with Gasteiger partial charge in [0.2, 0.25) is 11.9 Å². The van der Waals surface area contributed by atoms with Crippen molar-refractivity contribution >= 4 is 39.2 Å². The van der Waals surface area contributed by atoms with Crippen LogP contribution in [0, 0.1) is 0 Å². The van der Waals surface area contributed by atoms with E-state index >= 15 is 0 Å². The smallest absolute Gasteiger partial charge is 0.242 e. The lowest BCUT2D eigenvalue weighted by atomic mass is 10.3. The lowest BCUT2D eigenvalue weighted by molar-refractivity contribution is -0.121. The molecule has 100 valence electrons. The van der Waals surface area contributed by atoms with Gasteiger partial charge < -0.3 is 16.4 Å². The number of hydrogen-bond donors (Lipinski definition) is 3. The SMILES string of the molecule is CC(Nc1nc(N)nc2sccc12)C(=O)NC1CC1. The van der Waals surface area contributed by atoms with Gasteiger partial charge in [0.05, 0.1) is 5.39 Å². The Bertz CT molecular complexity index is 622. The van der Waals surface area contributed by atoms with E-state index in [2.05, 4.69) is 20.6 Å². The Balaban J connectivity index is 1.79. The summed E-state index contributed by atoms with van der Waals surface area (Å²) in [7, 11) is 0. The average molecular weight is 277 g/mol. The van der Waals surface area contributed by atoms with Gasteiger partial charge >= 0.3 is 0 Å². The number of aromatic nitrogens is 2. The van der Waals surface area contributed by atoms with Crippen molar-refractivity contribution in [1.29, 1.82) is 0 Å². The second kappa shape index (κ2) is 4.65. The topological polar surface area (TPSA) is 92.9 Å². The van der Waals surface area contributed by atoms with Crippen LogP contribution in [-0.2, 0) is 4.79 Å². The number of hydrogen-bond acceptors (Lipinski definition) is 6. The maximum Gasteiger partial charge on any atom is 0.242 e. The average Bonchev–Trinajstić information content (AvgIpc) is 3.04. The van der Waals surface area contributed by atoms with Gasteiger partial charge in [-0.1, -0.05) is 0 Å². The second-order valence-electron chi connectivity index (χ2n) is 4.72. The van der Waals surface area contributed by atoms with E-state index in [-0.39, 0.29) is 17.9 Å². The zero-order valence-corrected chi connectivity index (χ0v) is 11.3. The highest BCUT2D eigenvalue weighted by atomic mass is 32.1. The maximum absolute atomic E-state index is 11.9. The van der Waals surface area contributed by atoms with E-state index in [9.17, 15) is 4.79 Å². The standard InChI is InChI=1S/C12H15N5OS/c1-6(10(18)15-7-2-3-7)14-9-8-4-5-19-11(8)17-12(13)16-9/h4-7H,2-3H2,1H3,(H,15,18)(H3,13,14,16,17). The third kappa shape index (κ3) is 2.60. The molecule has 1 aliphatic carbocycles. The number of rotatable bonds is 4. The highest BCUT2D eigenvalue weighted by molar-refractivity contribution is 7.16. The highest BCUT2D eigenvalue weighted by Gasteiger charge is 2.26. The zero-order valence-electron chi connectivity index (χ0n) is 10.5. The molecule has 0 radical (unpaired) electrons. The molecular formula is C12H15N5OS. The fourth-order valence-electron chi connectivity index (χ4n) is 1.81. The van der Waals surface area contributed by atoms with E-state index in [1.54, 1.807) is 0 Å². The Morgan fingerprint density at radius 2 is 2.32 bits per heavy atom. The fraction of sp³-hybridized carbons (Fsp3) is 0.417. The van der Waals surface area contributed by atoms with Crippen LogP contribution in [0.4, 0.5) is 11.8 Å². The van der Waals surface area contributed by atoms with Crippen molar-refractivity contribution in [2.45, 2.75) is 31.8 Å². The first-order chi connectivity index (χ1) is 9.13. The first kappa shape index (κ1) is 12.2. The molecule has 7 heteroatoms. The highest BCUT2D eigenvalue weighted by Crippen LogP contribution is 2.26. The van der Waals surface area contributed by atoms with Crippen LogP contribution in [0.25, 0.3) is 10.2 Å². The molecule has 4 N–H and O–H groups in total. The summed E-state index contributed by atoms with van der Waals surface area (Å²) >= 11 is 1.50. The number of nitrogens with zero attached hydrogens (tertiary/aromatic N) is 2. The Morgan fingerprint density at radius 1 is 1.53 bits per heavy atom. The first-order valence-electron chi connectivity index (χ1n) is 6.21. The van der Waals surface area contributed by atoms with Crippen LogP contribution in [-0.4, -0.2) is 28.0 Å². The zero-order chi connectivity index (χ0) is 13.4. The number of amides is 1. The van der Waals surface area contributed by atoms with Crippen molar-refractivity contribution in [3.63, 3.8) is 0 Å². The Labute approximate surface area is 114 Å². The monoisotopic (exact) mass is 277 g/mol. The number of nitrogens with one attached hydrogen (secondary N) is 2. The fourth-order valence-corrected chi connectivity index (χ4v) is 2.58. The van der Waals surface area contributed by atoms with Crippen molar-refractivity contribution in [2.24, 2.45) is 0 Å². The molecule has 0 aromatic carbocycles. The van der Waals surface area contributed by atoms with Crippen LogP contribution in [0.5, 0.6) is 0 Å². The molecule has 1 fully saturated rings. The van der Waals surface area contributed by atoms with Gasteiger partial charge in [-0.3, -0.25) is 4.79 Å². The van der Waals surface area contributed by atoms with Crippen LogP contribution in [0.3, 0.4) is 0 Å². The molecular weight excluding hydrogens is 262 g/mol. The van der Waals surface area contributed by atoms with Gasteiger partial charge in [-0.05, 0) is 31.2 Å².